The molecule has 8 nitrogen and oxygen atoms in total. The SMILES string of the molecule is O=CC1CCC(N2Cc3cc(NC(=O)c4cccc(C(F)(F)F)n4)c(N4C[C@@H]5C[C@H]4CO5)cc3C2=O)CC1. The Kier molecular flexibility index (Phi) is 6.13. The first kappa shape index (κ1) is 24.8. The van der Waals surface area contributed by atoms with Crippen LogP contribution in [0.15, 0.2) is 30.3 Å². The number of nitrogens with zero attached hydrogens (tertiary/aromatic N) is 3. The lowest BCUT2D eigenvalue weighted by Gasteiger charge is -2.33. The van der Waals surface area contributed by atoms with E-state index in [1.54, 1.807) is 12.1 Å². The summed E-state index contributed by atoms with van der Waals surface area (Å²) in [7, 11) is 0. The number of alkyl halides is 3. The Bertz CT molecular complexity index is 1290. The third kappa shape index (κ3) is 4.42. The number of benzene rings is 1. The zero-order valence-corrected chi connectivity index (χ0v) is 20.5. The summed E-state index contributed by atoms with van der Waals surface area (Å²) in [5, 5.41) is 2.77. The number of carbonyl (C=O) groups excluding carboxylic acids is 3. The number of ether oxygens (including phenoxy) is 1. The molecule has 2 atom stereocenters. The van der Waals surface area contributed by atoms with E-state index in [1.807, 2.05) is 4.90 Å². The molecule has 3 fully saturated rings. The standard InChI is InChI=1S/C27H27F3N4O4/c28-27(29,30)24-3-1-2-21(31-24)25(36)32-22-8-16-11-34(17-6-4-15(13-35)5-7-17)26(37)20(16)10-23(22)33-12-19-9-18(33)14-38-19/h1-3,8,10,13,15,17-19H,4-7,9,11-12,14H2,(H,32,36)/t15?,17?,18-,19-/m0/s1. The molecule has 200 valence electrons. The van der Waals surface area contributed by atoms with Crippen molar-refractivity contribution < 1.29 is 32.3 Å². The van der Waals surface area contributed by atoms with Gasteiger partial charge in [-0.15, -0.1) is 0 Å². The summed E-state index contributed by atoms with van der Waals surface area (Å²) in [6.07, 6.45) is 0.232. The number of aldehydes is 1. The van der Waals surface area contributed by atoms with Gasteiger partial charge >= 0.3 is 6.18 Å². The van der Waals surface area contributed by atoms with Gasteiger partial charge in [0.25, 0.3) is 11.8 Å². The number of morpholine rings is 1. The van der Waals surface area contributed by atoms with E-state index < -0.39 is 17.8 Å². The molecule has 2 amide bonds. The quantitative estimate of drug-likeness (QED) is 0.589. The topological polar surface area (TPSA) is 91.8 Å². The van der Waals surface area contributed by atoms with Gasteiger partial charge in [0.05, 0.1) is 30.1 Å². The molecule has 38 heavy (non-hydrogen) atoms. The van der Waals surface area contributed by atoms with Gasteiger partial charge in [-0.3, -0.25) is 9.59 Å². The fourth-order valence-corrected chi connectivity index (χ4v) is 6.16. The van der Waals surface area contributed by atoms with Crippen LogP contribution in [0.3, 0.4) is 0 Å². The van der Waals surface area contributed by atoms with Gasteiger partial charge < -0.3 is 24.6 Å². The minimum absolute atomic E-state index is 0.0389. The average molecular weight is 529 g/mol. The molecule has 11 heteroatoms. The van der Waals surface area contributed by atoms with Crippen molar-refractivity contribution in [3.8, 4) is 0 Å². The smallest absolute Gasteiger partial charge is 0.374 e. The Labute approximate surface area is 217 Å². The molecule has 0 radical (unpaired) electrons. The Morgan fingerprint density at radius 3 is 2.55 bits per heavy atom. The number of aromatic nitrogens is 1. The molecule has 1 aromatic heterocycles. The van der Waals surface area contributed by atoms with Crippen molar-refractivity contribution in [1.82, 2.24) is 9.88 Å². The van der Waals surface area contributed by atoms with Crippen LogP contribution in [0.1, 0.15) is 64.2 Å². The van der Waals surface area contributed by atoms with E-state index in [4.69, 9.17) is 4.74 Å². The number of halogens is 3. The van der Waals surface area contributed by atoms with E-state index >= 15 is 0 Å². The van der Waals surface area contributed by atoms with Gasteiger partial charge in [-0.05, 0) is 61.9 Å². The minimum Gasteiger partial charge on any atom is -0.374 e. The molecule has 2 saturated heterocycles. The number of carbonyl (C=O) groups is 3. The number of fused-ring (bicyclic) bond motifs is 3. The van der Waals surface area contributed by atoms with Gasteiger partial charge in [0.1, 0.15) is 17.7 Å². The molecule has 1 saturated carbocycles. The zero-order chi connectivity index (χ0) is 26.6. The highest BCUT2D eigenvalue weighted by atomic mass is 19.4. The van der Waals surface area contributed by atoms with Crippen LogP contribution in [0.5, 0.6) is 0 Å². The maximum atomic E-state index is 13.5. The lowest BCUT2D eigenvalue weighted by molar-refractivity contribution is -0.141. The van der Waals surface area contributed by atoms with E-state index in [9.17, 15) is 27.6 Å². The highest BCUT2D eigenvalue weighted by molar-refractivity contribution is 6.07. The third-order valence-corrected chi connectivity index (χ3v) is 8.16. The lowest BCUT2D eigenvalue weighted by atomic mass is 9.86. The molecule has 3 aliphatic heterocycles. The molecule has 2 aromatic rings. The molecule has 1 N–H and O–H groups in total. The normalized spacial score (nSPS) is 26.6. The highest BCUT2D eigenvalue weighted by Gasteiger charge is 2.42. The Hall–Kier alpha value is -3.47. The Morgan fingerprint density at radius 2 is 1.89 bits per heavy atom. The van der Waals surface area contributed by atoms with E-state index in [-0.39, 0.29) is 35.7 Å². The van der Waals surface area contributed by atoms with Crippen molar-refractivity contribution in [3.63, 3.8) is 0 Å². The fourth-order valence-electron chi connectivity index (χ4n) is 6.16. The first-order valence-electron chi connectivity index (χ1n) is 12.9. The largest absolute Gasteiger partial charge is 0.433 e. The number of pyridine rings is 1. The van der Waals surface area contributed by atoms with Crippen molar-refractivity contribution in [2.45, 2.75) is 63.0 Å². The van der Waals surface area contributed by atoms with Gasteiger partial charge in [0.15, 0.2) is 0 Å². The molecular weight excluding hydrogens is 501 g/mol. The second kappa shape index (κ2) is 9.37. The van der Waals surface area contributed by atoms with Gasteiger partial charge in [0.2, 0.25) is 0 Å². The Morgan fingerprint density at radius 1 is 1.11 bits per heavy atom. The van der Waals surface area contributed by atoms with Crippen LogP contribution in [0.4, 0.5) is 24.5 Å². The molecule has 1 aliphatic carbocycles. The summed E-state index contributed by atoms with van der Waals surface area (Å²) >= 11 is 0. The molecule has 2 bridgehead atoms. The number of hydrogen-bond acceptors (Lipinski definition) is 6. The monoisotopic (exact) mass is 528 g/mol. The number of anilines is 2. The molecule has 0 unspecified atom stereocenters. The third-order valence-electron chi connectivity index (χ3n) is 8.16. The summed E-state index contributed by atoms with van der Waals surface area (Å²) in [6.45, 7) is 1.51. The molecular formula is C27H27F3N4O4. The Balaban J connectivity index is 1.31. The molecule has 0 spiro atoms. The van der Waals surface area contributed by atoms with Crippen molar-refractivity contribution in [2.75, 3.05) is 23.4 Å². The van der Waals surface area contributed by atoms with Crippen molar-refractivity contribution in [2.24, 2.45) is 5.92 Å². The predicted molar refractivity (Wildman–Crippen MR) is 131 cm³/mol. The lowest BCUT2D eigenvalue weighted by Crippen LogP contribution is -2.38. The van der Waals surface area contributed by atoms with Crippen molar-refractivity contribution >= 4 is 29.5 Å². The van der Waals surface area contributed by atoms with Crippen LogP contribution in [0, 0.1) is 5.92 Å². The second-order valence-corrected chi connectivity index (χ2v) is 10.5. The highest BCUT2D eigenvalue weighted by Crippen LogP contribution is 2.41. The first-order chi connectivity index (χ1) is 18.2. The van der Waals surface area contributed by atoms with Crippen LogP contribution in [0.25, 0.3) is 0 Å². The zero-order valence-electron chi connectivity index (χ0n) is 20.5. The maximum Gasteiger partial charge on any atom is 0.433 e. The number of rotatable bonds is 5. The maximum absolute atomic E-state index is 13.5. The van der Waals surface area contributed by atoms with Gasteiger partial charge in [-0.2, -0.15) is 13.2 Å². The number of hydrogen-bond donors (Lipinski definition) is 1. The number of nitrogens with one attached hydrogen (secondary N) is 1. The van der Waals surface area contributed by atoms with Gasteiger partial charge in [0, 0.05) is 30.6 Å². The summed E-state index contributed by atoms with van der Waals surface area (Å²) in [5.74, 6) is -0.794. The predicted octanol–water partition coefficient (Wildman–Crippen LogP) is 4.04. The summed E-state index contributed by atoms with van der Waals surface area (Å²) < 4.78 is 45.2. The van der Waals surface area contributed by atoms with Gasteiger partial charge in [-0.25, -0.2) is 4.98 Å². The van der Waals surface area contributed by atoms with E-state index in [1.165, 1.54) is 6.07 Å². The van der Waals surface area contributed by atoms with Crippen molar-refractivity contribution in [3.05, 3.63) is 52.8 Å². The van der Waals surface area contributed by atoms with Crippen LogP contribution >= 0.6 is 0 Å². The molecule has 4 aliphatic rings. The van der Waals surface area contributed by atoms with Crippen LogP contribution in [-0.4, -0.2) is 59.3 Å². The van der Waals surface area contributed by atoms with Crippen LogP contribution in [-0.2, 0) is 22.3 Å². The van der Waals surface area contributed by atoms with Crippen LogP contribution < -0.4 is 10.2 Å². The minimum atomic E-state index is -4.67. The summed E-state index contributed by atoms with van der Waals surface area (Å²) in [4.78, 5) is 45.2. The average Bonchev–Trinajstić information content (AvgIpc) is 3.63. The van der Waals surface area contributed by atoms with Crippen molar-refractivity contribution in [1.29, 1.82) is 0 Å². The number of amides is 2. The molecule has 4 heterocycles. The molecule has 6 rings (SSSR count). The molecule has 1 aromatic carbocycles. The first-order valence-corrected chi connectivity index (χ1v) is 12.9. The van der Waals surface area contributed by atoms with Gasteiger partial charge in [-0.1, -0.05) is 6.07 Å². The summed E-state index contributed by atoms with van der Waals surface area (Å²) in [5.41, 5.74) is 0.918. The van der Waals surface area contributed by atoms with E-state index in [0.29, 0.717) is 36.6 Å². The second-order valence-electron chi connectivity index (χ2n) is 10.5. The van der Waals surface area contributed by atoms with E-state index in [2.05, 4.69) is 15.2 Å². The fraction of sp³-hybridized carbons (Fsp3) is 0.481. The van der Waals surface area contributed by atoms with E-state index in [0.717, 1.165) is 56.1 Å². The summed E-state index contributed by atoms with van der Waals surface area (Å²) in [6, 6.07) is 6.90. The van der Waals surface area contributed by atoms with Crippen LogP contribution in [0.2, 0.25) is 0 Å².